The molecular weight excluding hydrogens is 354 g/mol. The van der Waals surface area contributed by atoms with E-state index in [1.807, 2.05) is 30.3 Å². The highest BCUT2D eigenvalue weighted by atomic mass is 35.5. The Morgan fingerprint density at radius 3 is 2.35 bits per heavy atom. The van der Waals surface area contributed by atoms with E-state index in [1.54, 1.807) is 31.4 Å². The molecule has 7 heteroatoms. The van der Waals surface area contributed by atoms with E-state index in [0.29, 0.717) is 22.8 Å². The average Bonchev–Trinajstić information content (AvgIpc) is 3.02. The van der Waals surface area contributed by atoms with Gasteiger partial charge in [-0.05, 0) is 29.8 Å². The Morgan fingerprint density at radius 2 is 1.69 bits per heavy atom. The molecule has 0 aliphatic heterocycles. The number of H-pyrrole nitrogens is 2. The molecule has 0 unspecified atom stereocenters. The summed E-state index contributed by atoms with van der Waals surface area (Å²) < 4.78 is 6.42. The lowest BCUT2D eigenvalue weighted by Crippen LogP contribution is -2.18. The number of hydrogen-bond acceptors (Lipinski definition) is 3. The summed E-state index contributed by atoms with van der Waals surface area (Å²) in [6, 6.07) is 16.1. The molecule has 0 fully saturated rings. The number of nitrogens with zero attached hydrogens (tertiary/aromatic N) is 1. The lowest BCUT2D eigenvalue weighted by atomic mass is 10.1. The Morgan fingerprint density at radius 1 is 1.00 bits per heavy atom. The van der Waals surface area contributed by atoms with Gasteiger partial charge in [-0.3, -0.25) is 14.7 Å². The van der Waals surface area contributed by atoms with Crippen molar-refractivity contribution in [3.8, 4) is 22.7 Å². The number of rotatable bonds is 3. The highest BCUT2D eigenvalue weighted by Crippen LogP contribution is 2.24. The largest absolute Gasteiger partial charge is 0.497 e. The summed E-state index contributed by atoms with van der Waals surface area (Å²) in [6.45, 7) is 0. The lowest BCUT2D eigenvalue weighted by molar-refractivity contribution is 0.414. The maximum absolute atomic E-state index is 12.7. The van der Waals surface area contributed by atoms with E-state index in [2.05, 4.69) is 10.1 Å². The van der Waals surface area contributed by atoms with Crippen LogP contribution < -0.4 is 15.7 Å². The number of ether oxygens (including phenoxy) is 1. The molecule has 0 aliphatic rings. The SMILES string of the molecule is COc1ccc(-n2[nH]c3[nH]c(-c4ccccc4)c(Cl)c(=O)c3c2=O)cc1. The summed E-state index contributed by atoms with van der Waals surface area (Å²) >= 11 is 6.25. The fourth-order valence-corrected chi connectivity index (χ4v) is 3.11. The first-order chi connectivity index (χ1) is 12.6. The zero-order valence-electron chi connectivity index (χ0n) is 13.7. The number of fused-ring (bicyclic) bond motifs is 1. The Balaban J connectivity index is 1.96. The van der Waals surface area contributed by atoms with E-state index in [0.717, 1.165) is 5.56 Å². The third kappa shape index (κ3) is 2.51. The highest BCUT2D eigenvalue weighted by Gasteiger charge is 2.18. The van der Waals surface area contributed by atoms with E-state index < -0.39 is 11.0 Å². The van der Waals surface area contributed by atoms with Crippen LogP contribution in [-0.4, -0.2) is 21.9 Å². The predicted octanol–water partition coefficient (Wildman–Crippen LogP) is 3.34. The average molecular weight is 368 g/mol. The first-order valence-electron chi connectivity index (χ1n) is 7.86. The Kier molecular flexibility index (Phi) is 3.89. The summed E-state index contributed by atoms with van der Waals surface area (Å²) in [7, 11) is 1.57. The molecule has 0 radical (unpaired) electrons. The number of hydrogen-bond donors (Lipinski definition) is 2. The molecule has 0 saturated heterocycles. The van der Waals surface area contributed by atoms with Crippen LogP contribution in [0.4, 0.5) is 0 Å². The van der Waals surface area contributed by atoms with Crippen LogP contribution in [0.2, 0.25) is 5.02 Å². The maximum Gasteiger partial charge on any atom is 0.284 e. The maximum atomic E-state index is 12.7. The minimum Gasteiger partial charge on any atom is -0.497 e. The Hall–Kier alpha value is -3.25. The van der Waals surface area contributed by atoms with E-state index in [1.165, 1.54) is 4.68 Å². The third-order valence-corrected chi connectivity index (χ3v) is 4.54. The molecule has 0 spiro atoms. The van der Waals surface area contributed by atoms with Crippen molar-refractivity contribution in [1.82, 2.24) is 14.8 Å². The monoisotopic (exact) mass is 367 g/mol. The molecule has 2 heterocycles. The quantitative estimate of drug-likeness (QED) is 0.583. The van der Waals surface area contributed by atoms with Gasteiger partial charge in [0.05, 0.1) is 18.5 Å². The Labute approximate surface area is 152 Å². The molecule has 26 heavy (non-hydrogen) atoms. The summed E-state index contributed by atoms with van der Waals surface area (Å²) in [5, 5.41) is 2.92. The molecule has 6 nitrogen and oxygen atoms in total. The normalized spacial score (nSPS) is 11.0. The molecular formula is C19H14ClN3O3. The molecule has 0 aliphatic carbocycles. The minimum absolute atomic E-state index is 0.00880. The molecule has 0 saturated carbocycles. The second kappa shape index (κ2) is 6.24. The number of benzene rings is 2. The van der Waals surface area contributed by atoms with E-state index in [-0.39, 0.29) is 10.4 Å². The molecule has 0 atom stereocenters. The van der Waals surface area contributed by atoms with Crippen LogP contribution in [-0.2, 0) is 0 Å². The topological polar surface area (TPSA) is 79.9 Å². The van der Waals surface area contributed by atoms with Crippen LogP contribution in [0.25, 0.3) is 28.0 Å². The standard InChI is InChI=1S/C19H14ClN3O3/c1-26-13-9-7-12(8-10-13)23-19(25)14-17(24)15(20)16(21-18(14)22-23)11-5-3-2-4-6-11/h2-10H,1H3,(H2,21,22,24). The number of halogens is 1. The van der Waals surface area contributed by atoms with E-state index in [4.69, 9.17) is 16.3 Å². The van der Waals surface area contributed by atoms with Crippen LogP contribution in [0.1, 0.15) is 0 Å². The number of nitrogens with one attached hydrogen (secondary N) is 2. The van der Waals surface area contributed by atoms with Crippen LogP contribution in [0.3, 0.4) is 0 Å². The van der Waals surface area contributed by atoms with Crippen molar-refractivity contribution in [1.29, 1.82) is 0 Å². The van der Waals surface area contributed by atoms with Gasteiger partial charge in [0, 0.05) is 0 Å². The molecule has 0 amide bonds. The van der Waals surface area contributed by atoms with Crippen molar-refractivity contribution in [3.63, 3.8) is 0 Å². The van der Waals surface area contributed by atoms with Crippen molar-refractivity contribution in [2.24, 2.45) is 0 Å². The van der Waals surface area contributed by atoms with Gasteiger partial charge < -0.3 is 9.72 Å². The van der Waals surface area contributed by atoms with Gasteiger partial charge in [0.1, 0.15) is 21.8 Å². The van der Waals surface area contributed by atoms with Gasteiger partial charge >= 0.3 is 0 Å². The fourth-order valence-electron chi connectivity index (χ4n) is 2.86. The number of aromatic amines is 2. The zero-order valence-corrected chi connectivity index (χ0v) is 14.5. The lowest BCUT2D eigenvalue weighted by Gasteiger charge is -2.04. The van der Waals surface area contributed by atoms with Gasteiger partial charge in [-0.15, -0.1) is 0 Å². The van der Waals surface area contributed by atoms with Crippen molar-refractivity contribution in [3.05, 3.63) is 80.2 Å². The zero-order chi connectivity index (χ0) is 18.3. The van der Waals surface area contributed by atoms with Gasteiger partial charge in [0.15, 0.2) is 0 Å². The number of aromatic nitrogens is 3. The summed E-state index contributed by atoms with van der Waals surface area (Å²) in [5.41, 5.74) is 1.15. The molecule has 0 bridgehead atoms. The van der Waals surface area contributed by atoms with Crippen molar-refractivity contribution >= 4 is 22.6 Å². The van der Waals surface area contributed by atoms with Gasteiger partial charge in [0.25, 0.3) is 5.56 Å². The summed E-state index contributed by atoms with van der Waals surface area (Å²) in [4.78, 5) is 28.5. The van der Waals surface area contributed by atoms with Crippen LogP contribution in [0, 0.1) is 0 Å². The molecule has 2 aromatic heterocycles. The Bertz CT molecular complexity index is 1210. The highest BCUT2D eigenvalue weighted by molar-refractivity contribution is 6.33. The van der Waals surface area contributed by atoms with Crippen molar-refractivity contribution in [2.45, 2.75) is 0 Å². The second-order valence-electron chi connectivity index (χ2n) is 5.71. The van der Waals surface area contributed by atoms with Gasteiger partial charge in [-0.2, -0.15) is 0 Å². The van der Waals surface area contributed by atoms with Gasteiger partial charge in [0.2, 0.25) is 5.43 Å². The molecule has 130 valence electrons. The van der Waals surface area contributed by atoms with Crippen LogP contribution in [0.5, 0.6) is 5.75 Å². The predicted molar refractivity (Wildman–Crippen MR) is 102 cm³/mol. The molecule has 2 aromatic carbocycles. The fraction of sp³-hybridized carbons (Fsp3) is 0.0526. The summed E-state index contributed by atoms with van der Waals surface area (Å²) in [5.74, 6) is 0.670. The summed E-state index contributed by atoms with van der Waals surface area (Å²) in [6.07, 6.45) is 0. The number of pyridine rings is 1. The van der Waals surface area contributed by atoms with Crippen LogP contribution >= 0.6 is 11.6 Å². The second-order valence-corrected chi connectivity index (χ2v) is 6.09. The first kappa shape index (κ1) is 16.2. The molecule has 4 aromatic rings. The first-order valence-corrected chi connectivity index (χ1v) is 8.24. The number of methoxy groups -OCH3 is 1. The van der Waals surface area contributed by atoms with Gasteiger partial charge in [-0.25, -0.2) is 4.68 Å². The van der Waals surface area contributed by atoms with Crippen LogP contribution in [0.15, 0.2) is 64.2 Å². The third-order valence-electron chi connectivity index (χ3n) is 4.18. The van der Waals surface area contributed by atoms with E-state index in [9.17, 15) is 9.59 Å². The van der Waals surface area contributed by atoms with Crippen molar-refractivity contribution in [2.75, 3.05) is 7.11 Å². The minimum atomic E-state index is -0.507. The smallest absolute Gasteiger partial charge is 0.284 e. The van der Waals surface area contributed by atoms with E-state index >= 15 is 0 Å². The van der Waals surface area contributed by atoms with Gasteiger partial charge in [-0.1, -0.05) is 41.9 Å². The molecule has 4 rings (SSSR count). The molecule has 2 N–H and O–H groups in total. The van der Waals surface area contributed by atoms with Crippen molar-refractivity contribution < 1.29 is 4.74 Å².